The lowest BCUT2D eigenvalue weighted by atomic mass is 10.1. The molecule has 6 heteroatoms. The van der Waals surface area contributed by atoms with Gasteiger partial charge in [-0.05, 0) is 33.1 Å². The van der Waals surface area contributed by atoms with Crippen LogP contribution in [0.4, 0.5) is 0 Å². The highest BCUT2D eigenvalue weighted by molar-refractivity contribution is 5.94. The second-order valence-corrected chi connectivity index (χ2v) is 5.45. The minimum absolute atomic E-state index is 0.210. The Balaban J connectivity index is 1.94. The molecule has 1 aromatic rings. The lowest BCUT2D eigenvalue weighted by molar-refractivity contribution is -0.129. The fourth-order valence-electron chi connectivity index (χ4n) is 2.58. The van der Waals surface area contributed by atoms with Gasteiger partial charge in [-0.15, -0.1) is 0 Å². The molecule has 0 radical (unpaired) electrons. The SMILES string of the molecule is CCc1noc(C)c1C(=O)OC(C)C(=O)NC1CCCC1. The van der Waals surface area contributed by atoms with Crippen LogP contribution in [0.15, 0.2) is 4.52 Å². The minimum Gasteiger partial charge on any atom is -0.449 e. The fourth-order valence-corrected chi connectivity index (χ4v) is 2.58. The summed E-state index contributed by atoms with van der Waals surface area (Å²) in [5.41, 5.74) is 0.888. The highest BCUT2D eigenvalue weighted by Gasteiger charge is 2.26. The van der Waals surface area contributed by atoms with Gasteiger partial charge >= 0.3 is 5.97 Å². The fraction of sp³-hybridized carbons (Fsp3) is 0.667. The van der Waals surface area contributed by atoms with E-state index in [0.717, 1.165) is 25.7 Å². The number of nitrogens with zero attached hydrogens (tertiary/aromatic N) is 1. The van der Waals surface area contributed by atoms with Crippen molar-refractivity contribution in [2.75, 3.05) is 0 Å². The first-order valence-electron chi connectivity index (χ1n) is 7.49. The zero-order valence-corrected chi connectivity index (χ0v) is 12.8. The summed E-state index contributed by atoms with van der Waals surface area (Å²) in [6, 6.07) is 0.210. The predicted molar refractivity (Wildman–Crippen MR) is 75.9 cm³/mol. The number of carbonyl (C=O) groups is 2. The van der Waals surface area contributed by atoms with Gasteiger partial charge in [-0.3, -0.25) is 4.79 Å². The first kappa shape index (κ1) is 15.5. The van der Waals surface area contributed by atoms with Crippen molar-refractivity contribution in [2.45, 2.75) is 65.0 Å². The molecule has 6 nitrogen and oxygen atoms in total. The minimum atomic E-state index is -0.822. The van der Waals surface area contributed by atoms with Gasteiger partial charge in [0.1, 0.15) is 11.3 Å². The van der Waals surface area contributed by atoms with Crippen LogP contribution in [0.1, 0.15) is 61.3 Å². The average Bonchev–Trinajstić information content (AvgIpc) is 3.07. The summed E-state index contributed by atoms with van der Waals surface area (Å²) in [6.07, 6.45) is 4.02. The number of aryl methyl sites for hydroxylation is 2. The monoisotopic (exact) mass is 294 g/mol. The molecule has 1 saturated carbocycles. The van der Waals surface area contributed by atoms with Crippen molar-refractivity contribution in [1.29, 1.82) is 0 Å². The van der Waals surface area contributed by atoms with Crippen LogP contribution in [0.3, 0.4) is 0 Å². The molecule has 1 N–H and O–H groups in total. The maximum absolute atomic E-state index is 12.2. The van der Waals surface area contributed by atoms with Crippen molar-refractivity contribution in [3.8, 4) is 0 Å². The Bertz CT molecular complexity index is 518. The van der Waals surface area contributed by atoms with E-state index in [-0.39, 0.29) is 11.9 Å². The molecular formula is C15H22N2O4. The molecule has 2 rings (SSSR count). The van der Waals surface area contributed by atoms with E-state index in [1.54, 1.807) is 13.8 Å². The summed E-state index contributed by atoms with van der Waals surface area (Å²) in [6.45, 7) is 5.12. The van der Waals surface area contributed by atoms with Gasteiger partial charge in [0.15, 0.2) is 6.10 Å². The number of nitrogens with one attached hydrogen (secondary N) is 1. The summed E-state index contributed by atoms with van der Waals surface area (Å²) in [7, 11) is 0. The van der Waals surface area contributed by atoms with E-state index < -0.39 is 12.1 Å². The lowest BCUT2D eigenvalue weighted by Crippen LogP contribution is -2.41. The molecule has 0 spiro atoms. The predicted octanol–water partition coefficient (Wildman–Crippen LogP) is 2.15. The quantitative estimate of drug-likeness (QED) is 0.841. The summed E-state index contributed by atoms with van der Waals surface area (Å²) >= 11 is 0. The summed E-state index contributed by atoms with van der Waals surface area (Å²) in [5, 5.41) is 6.73. The number of hydrogen-bond donors (Lipinski definition) is 1. The third-order valence-electron chi connectivity index (χ3n) is 3.83. The summed E-state index contributed by atoms with van der Waals surface area (Å²) < 4.78 is 10.2. The molecule has 1 aliphatic carbocycles. The van der Waals surface area contributed by atoms with Gasteiger partial charge in [0.25, 0.3) is 5.91 Å². The zero-order valence-electron chi connectivity index (χ0n) is 12.8. The third kappa shape index (κ3) is 3.62. The Kier molecular flexibility index (Phi) is 4.98. The topological polar surface area (TPSA) is 81.4 Å². The van der Waals surface area contributed by atoms with Crippen LogP contribution in [0, 0.1) is 6.92 Å². The van der Waals surface area contributed by atoms with E-state index in [1.807, 2.05) is 6.92 Å². The molecule has 1 amide bonds. The molecular weight excluding hydrogens is 272 g/mol. The van der Waals surface area contributed by atoms with E-state index >= 15 is 0 Å². The van der Waals surface area contributed by atoms with Crippen LogP contribution in [-0.4, -0.2) is 29.2 Å². The number of esters is 1. The Morgan fingerprint density at radius 1 is 1.43 bits per heavy atom. The Hall–Kier alpha value is -1.85. The van der Waals surface area contributed by atoms with Crippen molar-refractivity contribution in [3.63, 3.8) is 0 Å². The highest BCUT2D eigenvalue weighted by atomic mass is 16.5. The van der Waals surface area contributed by atoms with E-state index in [4.69, 9.17) is 9.26 Å². The van der Waals surface area contributed by atoms with Crippen molar-refractivity contribution >= 4 is 11.9 Å². The molecule has 116 valence electrons. The Morgan fingerprint density at radius 3 is 2.71 bits per heavy atom. The number of ether oxygens (including phenoxy) is 1. The zero-order chi connectivity index (χ0) is 15.4. The van der Waals surface area contributed by atoms with Crippen molar-refractivity contribution in [3.05, 3.63) is 17.0 Å². The van der Waals surface area contributed by atoms with Crippen LogP contribution >= 0.6 is 0 Å². The summed E-state index contributed by atoms with van der Waals surface area (Å²) in [4.78, 5) is 24.2. The largest absolute Gasteiger partial charge is 0.449 e. The molecule has 0 aromatic carbocycles. The molecule has 1 unspecified atom stereocenters. The normalized spacial score (nSPS) is 16.7. The van der Waals surface area contributed by atoms with E-state index in [1.165, 1.54) is 0 Å². The van der Waals surface area contributed by atoms with Crippen molar-refractivity contribution in [1.82, 2.24) is 10.5 Å². The third-order valence-corrected chi connectivity index (χ3v) is 3.83. The number of rotatable bonds is 5. The van der Waals surface area contributed by atoms with E-state index in [0.29, 0.717) is 23.4 Å². The van der Waals surface area contributed by atoms with Crippen LogP contribution in [-0.2, 0) is 16.0 Å². The van der Waals surface area contributed by atoms with Crippen LogP contribution in [0.25, 0.3) is 0 Å². The van der Waals surface area contributed by atoms with Crippen LogP contribution < -0.4 is 5.32 Å². The van der Waals surface area contributed by atoms with Crippen molar-refractivity contribution in [2.24, 2.45) is 0 Å². The van der Waals surface area contributed by atoms with Crippen LogP contribution in [0.2, 0.25) is 0 Å². The van der Waals surface area contributed by atoms with E-state index in [9.17, 15) is 9.59 Å². The Labute approximate surface area is 124 Å². The molecule has 0 aliphatic heterocycles. The summed E-state index contributed by atoms with van der Waals surface area (Å²) in [5.74, 6) is -0.387. The molecule has 1 atom stereocenters. The first-order chi connectivity index (χ1) is 10.0. The van der Waals surface area contributed by atoms with Gasteiger partial charge in [-0.2, -0.15) is 0 Å². The molecule has 1 aliphatic rings. The number of amides is 1. The lowest BCUT2D eigenvalue weighted by Gasteiger charge is -2.17. The van der Waals surface area contributed by atoms with Gasteiger partial charge in [0.05, 0.1) is 5.69 Å². The standard InChI is InChI=1S/C15H22N2O4/c1-4-12-13(9(2)21-17-12)15(19)20-10(3)14(18)16-11-7-5-6-8-11/h10-11H,4-8H2,1-3H3,(H,16,18). The maximum atomic E-state index is 12.2. The van der Waals surface area contributed by atoms with Crippen LogP contribution in [0.5, 0.6) is 0 Å². The van der Waals surface area contributed by atoms with Gasteiger partial charge in [-0.25, -0.2) is 4.79 Å². The first-order valence-corrected chi connectivity index (χ1v) is 7.49. The second kappa shape index (κ2) is 6.74. The van der Waals surface area contributed by atoms with E-state index in [2.05, 4.69) is 10.5 Å². The maximum Gasteiger partial charge on any atom is 0.344 e. The smallest absolute Gasteiger partial charge is 0.344 e. The van der Waals surface area contributed by atoms with Gasteiger partial charge in [0.2, 0.25) is 0 Å². The number of hydrogen-bond acceptors (Lipinski definition) is 5. The van der Waals surface area contributed by atoms with Gasteiger partial charge in [-0.1, -0.05) is 24.9 Å². The molecule has 1 aromatic heterocycles. The number of aromatic nitrogens is 1. The van der Waals surface area contributed by atoms with Crippen molar-refractivity contribution < 1.29 is 18.8 Å². The average molecular weight is 294 g/mol. The highest BCUT2D eigenvalue weighted by Crippen LogP contribution is 2.19. The second-order valence-electron chi connectivity index (χ2n) is 5.45. The molecule has 1 fully saturated rings. The van der Waals surface area contributed by atoms with Gasteiger partial charge in [0, 0.05) is 6.04 Å². The molecule has 0 saturated heterocycles. The number of carbonyl (C=O) groups excluding carboxylic acids is 2. The molecule has 0 bridgehead atoms. The molecule has 21 heavy (non-hydrogen) atoms. The van der Waals surface area contributed by atoms with Gasteiger partial charge < -0.3 is 14.6 Å². The molecule has 1 heterocycles. The Morgan fingerprint density at radius 2 is 2.10 bits per heavy atom.